The van der Waals surface area contributed by atoms with E-state index in [2.05, 4.69) is 76.3 Å². The maximum absolute atomic E-state index is 14.1. The molecule has 1 aliphatic carbocycles. The number of piperidine rings is 1. The number of primary sulfonamides is 1. The van der Waals surface area contributed by atoms with Gasteiger partial charge in [0, 0.05) is 29.7 Å². The number of sulfonamides is 1. The lowest BCUT2D eigenvalue weighted by Gasteiger charge is -2.45. The topological polar surface area (TPSA) is 110 Å². The summed E-state index contributed by atoms with van der Waals surface area (Å²) in [6.07, 6.45) is 9.38. The summed E-state index contributed by atoms with van der Waals surface area (Å²) in [5.41, 5.74) is 3.79. The fourth-order valence-electron chi connectivity index (χ4n) is 8.71. The highest BCUT2D eigenvalue weighted by molar-refractivity contribution is 7.89. The van der Waals surface area contributed by atoms with Crippen molar-refractivity contribution in [2.45, 2.75) is 99.2 Å². The summed E-state index contributed by atoms with van der Waals surface area (Å²) >= 11 is 0. The van der Waals surface area contributed by atoms with E-state index in [1.807, 2.05) is 0 Å². The van der Waals surface area contributed by atoms with Crippen molar-refractivity contribution in [1.82, 2.24) is 19.8 Å². The van der Waals surface area contributed by atoms with Crippen LogP contribution in [-0.4, -0.2) is 53.4 Å². The number of carbonyl (C=O) groups excluding carboxylic acids is 1. The molecule has 3 atom stereocenters. The van der Waals surface area contributed by atoms with Crippen molar-refractivity contribution >= 4 is 27.0 Å². The Bertz CT molecular complexity index is 1840. The summed E-state index contributed by atoms with van der Waals surface area (Å²) in [6, 6.07) is 24.2. The highest BCUT2D eigenvalue weighted by Gasteiger charge is 2.44. The quantitative estimate of drug-likeness (QED) is 0.245. The van der Waals surface area contributed by atoms with Crippen LogP contribution in [0.3, 0.4) is 0 Å². The molecule has 7 rings (SSSR count). The van der Waals surface area contributed by atoms with Gasteiger partial charge in [0.1, 0.15) is 16.5 Å². The monoisotopic (exact) mass is 643 g/mol. The number of imidazole rings is 1. The SMILES string of the molecule is Cc1nc2ccccc2n1C1C[C@H]2CC[C@@H](C1)N2CCC1(c2ccccc2)CCC(NC(=O)c2ccc(F)c(S(N)(=O)=O)c2)CC1. The van der Waals surface area contributed by atoms with Crippen molar-refractivity contribution in [3.63, 3.8) is 0 Å². The lowest BCUT2D eigenvalue weighted by Crippen LogP contribution is -2.47. The zero-order chi connectivity index (χ0) is 32.1. The Hall–Kier alpha value is -3.60. The van der Waals surface area contributed by atoms with E-state index in [1.54, 1.807) is 0 Å². The molecule has 0 radical (unpaired) electrons. The number of para-hydroxylation sites is 2. The minimum atomic E-state index is -4.28. The van der Waals surface area contributed by atoms with E-state index in [0.717, 1.165) is 75.0 Å². The maximum atomic E-state index is 14.1. The molecular formula is C36H42FN5O3S. The first-order chi connectivity index (χ1) is 22.1. The second kappa shape index (κ2) is 12.2. The van der Waals surface area contributed by atoms with Crippen molar-refractivity contribution in [3.05, 3.63) is 95.6 Å². The van der Waals surface area contributed by atoms with Crippen molar-refractivity contribution < 1.29 is 17.6 Å². The number of hydrogen-bond acceptors (Lipinski definition) is 5. The first-order valence-electron chi connectivity index (χ1n) is 16.5. The molecule has 1 aromatic heterocycles. The highest BCUT2D eigenvalue weighted by atomic mass is 32.2. The Labute approximate surface area is 270 Å². The number of aromatic nitrogens is 2. The van der Waals surface area contributed by atoms with E-state index in [0.29, 0.717) is 18.1 Å². The van der Waals surface area contributed by atoms with Crippen molar-refractivity contribution in [2.75, 3.05) is 6.54 Å². The average molecular weight is 644 g/mol. The standard InChI is InChI=1S/C36H42FN5O3S/c1-24-39-32-9-5-6-10-33(32)42(24)30-22-28-12-13-29(23-30)41(28)20-19-36(26-7-3-2-4-8-26)17-15-27(16-18-36)40-35(43)25-11-14-31(37)34(21-25)46(38,44)45/h2-11,14,21,27-30H,12-13,15-20,22-23H2,1H3,(H,40,43)(H2,38,44,45)/t27?,28-,29+,30?,36?. The van der Waals surface area contributed by atoms with Crippen LogP contribution >= 0.6 is 0 Å². The molecule has 1 saturated carbocycles. The molecule has 1 unspecified atom stereocenters. The number of nitrogens with one attached hydrogen (secondary N) is 1. The predicted octanol–water partition coefficient (Wildman–Crippen LogP) is 6.00. The first kappa shape index (κ1) is 31.0. The van der Waals surface area contributed by atoms with Gasteiger partial charge < -0.3 is 9.88 Å². The molecule has 3 N–H and O–H groups in total. The maximum Gasteiger partial charge on any atom is 0.251 e. The van der Waals surface area contributed by atoms with E-state index in [1.165, 1.54) is 30.0 Å². The largest absolute Gasteiger partial charge is 0.349 e. The number of nitrogens with zero attached hydrogens (tertiary/aromatic N) is 3. The summed E-state index contributed by atoms with van der Waals surface area (Å²) in [5.74, 6) is -0.273. The Kier molecular flexibility index (Phi) is 8.23. The zero-order valence-corrected chi connectivity index (χ0v) is 27.1. The Morgan fingerprint density at radius 3 is 2.33 bits per heavy atom. The van der Waals surface area contributed by atoms with Crippen molar-refractivity contribution in [2.24, 2.45) is 5.14 Å². The lowest BCUT2D eigenvalue weighted by molar-refractivity contribution is 0.0851. The van der Waals surface area contributed by atoms with Gasteiger partial charge in [0.05, 0.1) is 11.0 Å². The molecule has 10 heteroatoms. The molecule has 3 fully saturated rings. The molecule has 46 heavy (non-hydrogen) atoms. The van der Waals surface area contributed by atoms with Crippen LogP contribution in [0.5, 0.6) is 0 Å². The van der Waals surface area contributed by atoms with Crippen LogP contribution in [0.1, 0.15) is 85.6 Å². The van der Waals surface area contributed by atoms with Crippen molar-refractivity contribution in [1.29, 1.82) is 0 Å². The van der Waals surface area contributed by atoms with Gasteiger partial charge in [0.25, 0.3) is 5.91 Å². The fraction of sp³-hybridized carbons (Fsp3) is 0.444. The van der Waals surface area contributed by atoms with Crippen LogP contribution in [0.4, 0.5) is 4.39 Å². The second-order valence-corrected chi connectivity index (χ2v) is 15.1. The lowest BCUT2D eigenvalue weighted by atomic mass is 9.66. The van der Waals surface area contributed by atoms with Gasteiger partial charge in [-0.05, 0) is 113 Å². The summed E-state index contributed by atoms with van der Waals surface area (Å²) in [4.78, 5) is 20.0. The van der Waals surface area contributed by atoms with E-state index in [-0.39, 0.29) is 17.0 Å². The molecule has 2 aliphatic heterocycles. The zero-order valence-electron chi connectivity index (χ0n) is 26.2. The molecular weight excluding hydrogens is 601 g/mol. The number of halogens is 1. The average Bonchev–Trinajstić information content (AvgIpc) is 3.51. The summed E-state index contributed by atoms with van der Waals surface area (Å²) < 4.78 is 40.1. The second-order valence-electron chi connectivity index (χ2n) is 13.6. The predicted molar refractivity (Wildman–Crippen MR) is 176 cm³/mol. The van der Waals surface area contributed by atoms with Crippen LogP contribution < -0.4 is 10.5 Å². The highest BCUT2D eigenvalue weighted by Crippen LogP contribution is 2.46. The minimum Gasteiger partial charge on any atom is -0.349 e. The van der Waals surface area contributed by atoms with Crippen LogP contribution in [-0.2, 0) is 15.4 Å². The van der Waals surface area contributed by atoms with Crippen LogP contribution in [0, 0.1) is 12.7 Å². The fourth-order valence-corrected chi connectivity index (χ4v) is 9.34. The van der Waals surface area contributed by atoms with Crippen molar-refractivity contribution in [3.8, 4) is 0 Å². The normalized spacial score (nSPS) is 26.8. The molecule has 2 bridgehead atoms. The van der Waals surface area contributed by atoms with Gasteiger partial charge >= 0.3 is 0 Å². The number of aryl methyl sites for hydroxylation is 1. The molecule has 8 nitrogen and oxygen atoms in total. The van der Waals surface area contributed by atoms with Gasteiger partial charge in [0.15, 0.2) is 0 Å². The number of hydrogen-bond donors (Lipinski definition) is 2. The van der Waals surface area contributed by atoms with Gasteiger partial charge in [-0.25, -0.2) is 22.9 Å². The van der Waals surface area contributed by atoms with Gasteiger partial charge in [-0.3, -0.25) is 9.69 Å². The van der Waals surface area contributed by atoms with E-state index >= 15 is 0 Å². The van der Waals surface area contributed by atoms with Gasteiger partial charge in [0.2, 0.25) is 10.0 Å². The smallest absolute Gasteiger partial charge is 0.251 e. The van der Waals surface area contributed by atoms with E-state index in [4.69, 9.17) is 10.1 Å². The number of nitrogens with two attached hydrogens (primary N) is 1. The summed E-state index contributed by atoms with van der Waals surface area (Å²) in [5, 5.41) is 8.22. The molecule has 4 aromatic rings. The van der Waals surface area contributed by atoms with Crippen LogP contribution in [0.2, 0.25) is 0 Å². The number of fused-ring (bicyclic) bond motifs is 3. The summed E-state index contributed by atoms with van der Waals surface area (Å²) in [7, 11) is -4.28. The number of carbonyl (C=O) groups is 1. The number of benzene rings is 3. The molecule has 242 valence electrons. The molecule has 3 heterocycles. The molecule has 3 aromatic carbocycles. The third kappa shape index (κ3) is 5.87. The first-order valence-corrected chi connectivity index (χ1v) is 18.0. The summed E-state index contributed by atoms with van der Waals surface area (Å²) in [6.45, 7) is 3.20. The van der Waals surface area contributed by atoms with Gasteiger partial charge in [-0.1, -0.05) is 42.5 Å². The number of rotatable bonds is 8. The minimum absolute atomic E-state index is 0.0204. The van der Waals surface area contributed by atoms with E-state index < -0.39 is 26.6 Å². The molecule has 2 saturated heterocycles. The van der Waals surface area contributed by atoms with Crippen LogP contribution in [0.15, 0.2) is 77.7 Å². The van der Waals surface area contributed by atoms with Crippen LogP contribution in [0.25, 0.3) is 11.0 Å². The third-order valence-electron chi connectivity index (χ3n) is 11.0. The molecule has 1 amide bonds. The van der Waals surface area contributed by atoms with Gasteiger partial charge in [-0.15, -0.1) is 0 Å². The molecule has 0 spiro atoms. The van der Waals surface area contributed by atoms with Gasteiger partial charge in [-0.2, -0.15) is 0 Å². The molecule has 3 aliphatic rings. The number of amides is 1. The van der Waals surface area contributed by atoms with E-state index in [9.17, 15) is 17.6 Å². The Morgan fingerprint density at radius 1 is 0.957 bits per heavy atom. The Morgan fingerprint density at radius 2 is 1.63 bits per heavy atom. The Balaban J connectivity index is 1.03. The third-order valence-corrected chi connectivity index (χ3v) is 11.9.